The van der Waals surface area contributed by atoms with Gasteiger partial charge in [0.25, 0.3) is 0 Å². The van der Waals surface area contributed by atoms with Crippen molar-refractivity contribution < 1.29 is 33.7 Å². The number of hydrogen-bond acceptors (Lipinski definition) is 7. The lowest BCUT2D eigenvalue weighted by atomic mass is 9.50. The van der Waals surface area contributed by atoms with E-state index in [1.807, 2.05) is 6.92 Å². The van der Waals surface area contributed by atoms with Gasteiger partial charge in [0.2, 0.25) is 0 Å². The topological polar surface area (TPSA) is 102 Å². The summed E-state index contributed by atoms with van der Waals surface area (Å²) in [6.07, 6.45) is 5.89. The van der Waals surface area contributed by atoms with Crippen LogP contribution in [0.5, 0.6) is 0 Å². The minimum atomic E-state index is -0.868. The molecule has 0 aromatic heterocycles. The number of aliphatic hydroxyl groups excluding tert-OH is 1. The van der Waals surface area contributed by atoms with Crippen LogP contribution in [0.25, 0.3) is 0 Å². The number of rotatable bonds is 4. The number of hydrogen-bond donors (Lipinski definition) is 1. The summed E-state index contributed by atoms with van der Waals surface area (Å²) in [6.45, 7) is 5.76. The predicted molar refractivity (Wildman–Crippen MR) is 109 cm³/mol. The zero-order chi connectivity index (χ0) is 22.1. The fraction of sp³-hybridized carbons (Fsp3) is 0.708. The molecule has 3 saturated carbocycles. The van der Waals surface area contributed by atoms with Crippen LogP contribution in [0.15, 0.2) is 24.0 Å². The molecule has 1 N–H and O–H groups in total. The molecule has 7 heteroatoms. The summed E-state index contributed by atoms with van der Waals surface area (Å²) < 4.78 is 18.1. The monoisotopic (exact) mass is 430 g/mol. The average molecular weight is 430 g/mol. The Bertz CT molecular complexity index is 875. The van der Waals surface area contributed by atoms with Crippen molar-refractivity contribution in [2.45, 2.75) is 63.9 Å². The molecule has 0 aromatic carbocycles. The summed E-state index contributed by atoms with van der Waals surface area (Å²) in [7, 11) is 0. The van der Waals surface area contributed by atoms with Gasteiger partial charge in [-0.1, -0.05) is 25.5 Å². The lowest BCUT2D eigenvalue weighted by Gasteiger charge is -2.52. The van der Waals surface area contributed by atoms with E-state index in [1.165, 1.54) is 13.0 Å². The van der Waals surface area contributed by atoms with Crippen molar-refractivity contribution in [3.05, 3.63) is 24.0 Å². The molecule has 31 heavy (non-hydrogen) atoms. The molecule has 0 bridgehead atoms. The van der Waals surface area contributed by atoms with Crippen LogP contribution in [0.4, 0.5) is 0 Å². The molecule has 4 fully saturated rings. The molecule has 1 heterocycles. The summed E-state index contributed by atoms with van der Waals surface area (Å²) in [4.78, 5) is 39.5. The average Bonchev–Trinajstić information content (AvgIpc) is 3.44. The van der Waals surface area contributed by atoms with E-state index in [-0.39, 0.29) is 35.3 Å². The third kappa shape index (κ3) is 2.89. The van der Waals surface area contributed by atoms with E-state index in [4.69, 9.17) is 14.2 Å². The number of Topliss-reactive ketones (excluding diaryl/α,β-unsaturated/α-hetero) is 2. The Morgan fingerprint density at radius 2 is 2.03 bits per heavy atom. The molecule has 5 rings (SSSR count). The largest absolute Gasteiger partial charge is 0.512 e. The first kappa shape index (κ1) is 20.9. The summed E-state index contributed by atoms with van der Waals surface area (Å²) in [5.41, 5.74) is -0.598. The third-order valence-corrected chi connectivity index (χ3v) is 8.14. The van der Waals surface area contributed by atoms with Gasteiger partial charge in [-0.25, -0.2) is 0 Å². The molecular weight excluding hydrogens is 400 g/mol. The van der Waals surface area contributed by atoms with Gasteiger partial charge in [-0.15, -0.1) is 0 Å². The number of carbonyl (C=O) groups is 3. The molecule has 7 nitrogen and oxygen atoms in total. The number of esters is 1. The first-order valence-electron chi connectivity index (χ1n) is 11.5. The van der Waals surface area contributed by atoms with Crippen LogP contribution >= 0.6 is 0 Å². The van der Waals surface area contributed by atoms with Gasteiger partial charge in [0.15, 0.2) is 5.78 Å². The van der Waals surface area contributed by atoms with Gasteiger partial charge in [-0.2, -0.15) is 0 Å². The minimum Gasteiger partial charge on any atom is -0.512 e. The molecule has 10 unspecified atom stereocenters. The van der Waals surface area contributed by atoms with E-state index in [2.05, 4.69) is 6.92 Å². The Morgan fingerprint density at radius 3 is 2.71 bits per heavy atom. The zero-order valence-corrected chi connectivity index (χ0v) is 18.2. The number of fused-ring (bicyclic) bond motifs is 3. The summed E-state index contributed by atoms with van der Waals surface area (Å²) in [5, 5.41) is 10.4. The van der Waals surface area contributed by atoms with Crippen LogP contribution in [0.2, 0.25) is 0 Å². The van der Waals surface area contributed by atoms with Crippen molar-refractivity contribution >= 4 is 17.5 Å². The van der Waals surface area contributed by atoms with E-state index in [0.717, 1.165) is 12.8 Å². The number of allylic oxidation sites excluding steroid dienone is 4. The molecule has 10 atom stereocenters. The van der Waals surface area contributed by atoms with Crippen molar-refractivity contribution in [2.24, 2.45) is 35.5 Å². The van der Waals surface area contributed by atoms with Crippen LogP contribution in [0.3, 0.4) is 0 Å². The van der Waals surface area contributed by atoms with Gasteiger partial charge in [0.05, 0.1) is 23.9 Å². The molecule has 168 valence electrons. The Hall–Kier alpha value is -1.99. The van der Waals surface area contributed by atoms with Gasteiger partial charge in [0, 0.05) is 25.4 Å². The van der Waals surface area contributed by atoms with Crippen LogP contribution in [0.1, 0.15) is 40.0 Å². The highest BCUT2D eigenvalue weighted by molar-refractivity contribution is 6.03. The number of aliphatic hydroxyl groups is 1. The number of epoxide rings is 1. The van der Waals surface area contributed by atoms with E-state index in [1.54, 1.807) is 12.2 Å². The molecule has 0 amide bonds. The zero-order valence-electron chi connectivity index (χ0n) is 18.2. The number of ether oxygens (including phenoxy) is 3. The molecule has 0 aromatic rings. The van der Waals surface area contributed by atoms with Crippen LogP contribution in [-0.4, -0.2) is 53.2 Å². The molecule has 4 aliphatic carbocycles. The van der Waals surface area contributed by atoms with Crippen molar-refractivity contribution in [1.29, 1.82) is 0 Å². The Labute approximate surface area is 181 Å². The predicted octanol–water partition coefficient (Wildman–Crippen LogP) is 2.54. The lowest BCUT2D eigenvalue weighted by Crippen LogP contribution is -2.65. The standard InChI is InChI=1S/C24H30O7/c1-4-12-9-15(30-11(3)25)19-17-18(22(29-5-2)23-24(19,10-12)31-23)21(28)16-13(20(17)27)7-6-8-14(16)26/h6-8,12-13,15-19,22-23,26H,4-5,9-10H2,1-3H3. The van der Waals surface area contributed by atoms with Crippen molar-refractivity contribution in [1.82, 2.24) is 0 Å². The highest BCUT2D eigenvalue weighted by Gasteiger charge is 2.78. The third-order valence-electron chi connectivity index (χ3n) is 8.14. The fourth-order valence-corrected chi connectivity index (χ4v) is 7.00. The van der Waals surface area contributed by atoms with E-state index < -0.39 is 41.5 Å². The molecule has 1 spiro atoms. The highest BCUT2D eigenvalue weighted by Crippen LogP contribution is 2.65. The van der Waals surface area contributed by atoms with E-state index in [9.17, 15) is 19.5 Å². The highest BCUT2D eigenvalue weighted by atomic mass is 16.6. The SMILES string of the molecule is CCOC1C2C(=O)C3C(O)=CC=CC3C(=O)C2C2C(OC(C)=O)CC(CC)CC23OC13. The number of ketones is 2. The second kappa shape index (κ2) is 7.27. The maximum absolute atomic E-state index is 13.8. The molecule has 1 aliphatic heterocycles. The van der Waals surface area contributed by atoms with Crippen molar-refractivity contribution in [3.63, 3.8) is 0 Å². The lowest BCUT2D eigenvalue weighted by molar-refractivity contribution is -0.175. The molecule has 0 radical (unpaired) electrons. The van der Waals surface area contributed by atoms with Crippen molar-refractivity contribution in [3.8, 4) is 0 Å². The normalized spacial score (nSPS) is 47.5. The fourth-order valence-electron chi connectivity index (χ4n) is 7.00. The van der Waals surface area contributed by atoms with Gasteiger partial charge in [0.1, 0.15) is 29.4 Å². The van der Waals surface area contributed by atoms with Crippen LogP contribution in [0, 0.1) is 35.5 Å². The maximum Gasteiger partial charge on any atom is 0.302 e. The Morgan fingerprint density at radius 1 is 1.26 bits per heavy atom. The molecule has 5 aliphatic rings. The molecule has 1 saturated heterocycles. The van der Waals surface area contributed by atoms with Crippen LogP contribution in [-0.2, 0) is 28.6 Å². The van der Waals surface area contributed by atoms with Crippen LogP contribution < -0.4 is 0 Å². The Kier molecular flexibility index (Phi) is 4.90. The van der Waals surface area contributed by atoms with E-state index in [0.29, 0.717) is 18.9 Å². The second-order valence-electron chi connectivity index (χ2n) is 9.64. The number of carbonyl (C=O) groups excluding carboxylic acids is 3. The van der Waals surface area contributed by atoms with Gasteiger partial charge >= 0.3 is 5.97 Å². The first-order valence-corrected chi connectivity index (χ1v) is 11.5. The van der Waals surface area contributed by atoms with Gasteiger partial charge in [-0.05, 0) is 31.8 Å². The van der Waals surface area contributed by atoms with Gasteiger partial charge < -0.3 is 19.3 Å². The second-order valence-corrected chi connectivity index (χ2v) is 9.64. The molecular formula is C24H30O7. The summed E-state index contributed by atoms with van der Waals surface area (Å²) >= 11 is 0. The smallest absolute Gasteiger partial charge is 0.302 e. The summed E-state index contributed by atoms with van der Waals surface area (Å²) in [6, 6.07) is 0. The van der Waals surface area contributed by atoms with E-state index >= 15 is 0 Å². The Balaban J connectivity index is 1.61. The van der Waals surface area contributed by atoms with Gasteiger partial charge in [-0.3, -0.25) is 14.4 Å². The summed E-state index contributed by atoms with van der Waals surface area (Å²) in [5.74, 6) is -3.70. The maximum atomic E-state index is 13.8. The first-order chi connectivity index (χ1) is 14.8. The minimum absolute atomic E-state index is 0.0701. The quantitative estimate of drug-likeness (QED) is 0.540. The van der Waals surface area contributed by atoms with Crippen molar-refractivity contribution in [2.75, 3.05) is 6.61 Å².